The maximum Gasteiger partial charge on any atom is 0.143 e. The Balaban J connectivity index is 1.04. The fraction of sp³-hybridized carbons (Fsp3) is 0. The molecule has 0 saturated heterocycles. The molecule has 0 spiro atoms. The summed E-state index contributed by atoms with van der Waals surface area (Å²) >= 11 is 0. The van der Waals surface area contributed by atoms with Crippen LogP contribution in [0.15, 0.2) is 217 Å². The van der Waals surface area contributed by atoms with Gasteiger partial charge in [-0.25, -0.2) is 4.39 Å². The van der Waals surface area contributed by atoms with Gasteiger partial charge in [-0.05, 0) is 83.4 Å². The van der Waals surface area contributed by atoms with E-state index in [-0.39, 0.29) is 5.82 Å². The van der Waals surface area contributed by atoms with E-state index in [9.17, 15) is 4.39 Å². The summed E-state index contributed by atoms with van der Waals surface area (Å²) in [6, 6.07) is 73.1. The second-order valence-electron chi connectivity index (χ2n) is 14.6. The number of hydrogen-bond acceptors (Lipinski definition) is 2. The fourth-order valence-corrected chi connectivity index (χ4v) is 8.63. The van der Waals surface area contributed by atoms with E-state index in [1.807, 2.05) is 30.3 Å². The summed E-state index contributed by atoms with van der Waals surface area (Å²) in [6.45, 7) is 0. The molecule has 0 aliphatic carbocycles. The second-order valence-corrected chi connectivity index (χ2v) is 14.6. The molecule has 11 aromatic rings. The van der Waals surface area contributed by atoms with Crippen LogP contribution in [0.3, 0.4) is 0 Å². The van der Waals surface area contributed by atoms with Gasteiger partial charge in [0.05, 0.1) is 22.4 Å². The first-order chi connectivity index (χ1) is 28.7. The number of anilines is 3. The van der Waals surface area contributed by atoms with Crippen molar-refractivity contribution in [3.8, 4) is 39.1 Å². The number of nitrogens with zero attached hydrogens (tertiary/aromatic N) is 2. The molecular formula is C54H35FN2O. The molecule has 0 amide bonds. The number of benzene rings is 9. The van der Waals surface area contributed by atoms with Crippen molar-refractivity contribution in [3.05, 3.63) is 218 Å². The van der Waals surface area contributed by atoms with Crippen LogP contribution in [0.2, 0.25) is 0 Å². The molecule has 0 bridgehead atoms. The lowest BCUT2D eigenvalue weighted by molar-refractivity contribution is 0.629. The number of aromatic nitrogens is 1. The van der Waals surface area contributed by atoms with E-state index in [1.165, 1.54) is 0 Å². The predicted octanol–water partition coefficient (Wildman–Crippen LogP) is 15.3. The molecule has 2 aromatic heterocycles. The summed E-state index contributed by atoms with van der Waals surface area (Å²) in [5.74, 6) is -0.240. The number of rotatable bonds is 7. The highest BCUT2D eigenvalue weighted by molar-refractivity contribution is 6.11. The largest absolute Gasteiger partial charge is 0.455 e. The number of fused-ring (bicyclic) bond motifs is 6. The van der Waals surface area contributed by atoms with Gasteiger partial charge in [-0.1, -0.05) is 146 Å². The van der Waals surface area contributed by atoms with E-state index in [2.05, 4.69) is 179 Å². The number of halogens is 1. The summed E-state index contributed by atoms with van der Waals surface area (Å²) in [5.41, 5.74) is 14.6. The number of para-hydroxylation sites is 5. The molecule has 0 N–H and O–H groups in total. The van der Waals surface area contributed by atoms with E-state index >= 15 is 0 Å². The molecule has 3 nitrogen and oxygen atoms in total. The Kier molecular flexibility index (Phi) is 8.00. The van der Waals surface area contributed by atoms with Gasteiger partial charge in [0, 0.05) is 49.6 Å². The summed E-state index contributed by atoms with van der Waals surface area (Å²) in [7, 11) is 0. The molecule has 0 unspecified atom stereocenters. The summed E-state index contributed by atoms with van der Waals surface area (Å²) in [6.07, 6.45) is 0. The number of hydrogen-bond donors (Lipinski definition) is 0. The van der Waals surface area contributed by atoms with Gasteiger partial charge in [0.1, 0.15) is 17.0 Å². The van der Waals surface area contributed by atoms with Crippen LogP contribution >= 0.6 is 0 Å². The van der Waals surface area contributed by atoms with Gasteiger partial charge in [0.25, 0.3) is 0 Å². The van der Waals surface area contributed by atoms with Crippen LogP contribution in [0.5, 0.6) is 0 Å². The zero-order valence-electron chi connectivity index (χ0n) is 31.4. The van der Waals surface area contributed by atoms with Crippen molar-refractivity contribution >= 4 is 60.8 Å². The maximum absolute atomic E-state index is 14.6. The van der Waals surface area contributed by atoms with Crippen LogP contribution in [0, 0.1) is 5.82 Å². The molecule has 0 saturated carbocycles. The molecule has 0 radical (unpaired) electrons. The van der Waals surface area contributed by atoms with E-state index < -0.39 is 0 Å². The third-order valence-electron chi connectivity index (χ3n) is 11.3. The first-order valence-corrected chi connectivity index (χ1v) is 19.5. The molecule has 4 heteroatoms. The third-order valence-corrected chi connectivity index (χ3v) is 11.3. The van der Waals surface area contributed by atoms with Crippen LogP contribution in [0.4, 0.5) is 21.5 Å². The summed E-state index contributed by atoms with van der Waals surface area (Å²) in [4.78, 5) is 2.34. The van der Waals surface area contributed by atoms with E-state index in [0.29, 0.717) is 0 Å². The molecule has 0 atom stereocenters. The van der Waals surface area contributed by atoms with Gasteiger partial charge in [-0.15, -0.1) is 0 Å². The third kappa shape index (κ3) is 5.57. The molecule has 58 heavy (non-hydrogen) atoms. The molecule has 9 aromatic carbocycles. The van der Waals surface area contributed by atoms with Gasteiger partial charge >= 0.3 is 0 Å². The predicted molar refractivity (Wildman–Crippen MR) is 239 cm³/mol. The lowest BCUT2D eigenvalue weighted by Crippen LogP contribution is -2.11. The lowest BCUT2D eigenvalue weighted by atomic mass is 9.99. The van der Waals surface area contributed by atoms with Crippen LogP contribution < -0.4 is 4.90 Å². The summed E-state index contributed by atoms with van der Waals surface area (Å²) in [5, 5.41) is 4.16. The second kappa shape index (κ2) is 13.8. The Bertz CT molecular complexity index is 3290. The molecule has 0 aliphatic rings. The lowest BCUT2D eigenvalue weighted by Gasteiger charge is -2.28. The molecular weight excluding hydrogens is 712 g/mol. The van der Waals surface area contributed by atoms with E-state index in [4.69, 9.17) is 4.42 Å². The Labute approximate surface area is 335 Å². The number of furan rings is 1. The standard InChI is InChI=1S/C54H35FN2O/c55-39-29-34-52-48(35-39)45-17-6-10-23-51(45)57(52)50-22-9-5-16-43(50)37-25-30-40(31-26-37)56(49-21-8-4-15-42(49)36-13-2-1-3-14-36)41-32-27-38(28-33-41)44-19-12-20-47-46-18-7-11-24-53(46)58-54(44)47/h1-35H. The molecule has 0 aliphatic heterocycles. The molecule has 2 heterocycles. The smallest absolute Gasteiger partial charge is 0.143 e. The quantitative estimate of drug-likeness (QED) is 0.162. The van der Waals surface area contributed by atoms with Crippen molar-refractivity contribution in [2.45, 2.75) is 0 Å². The highest BCUT2D eigenvalue weighted by Gasteiger charge is 2.20. The van der Waals surface area contributed by atoms with Crippen molar-refractivity contribution in [1.82, 2.24) is 4.57 Å². The van der Waals surface area contributed by atoms with Crippen molar-refractivity contribution < 1.29 is 8.81 Å². The van der Waals surface area contributed by atoms with E-state index in [1.54, 1.807) is 12.1 Å². The minimum atomic E-state index is -0.240. The van der Waals surface area contributed by atoms with Gasteiger partial charge in [0.2, 0.25) is 0 Å². The van der Waals surface area contributed by atoms with Crippen LogP contribution in [0.1, 0.15) is 0 Å². The van der Waals surface area contributed by atoms with Gasteiger partial charge in [0.15, 0.2) is 0 Å². The van der Waals surface area contributed by atoms with Crippen LogP contribution in [-0.4, -0.2) is 4.57 Å². The Morgan fingerprint density at radius 3 is 1.76 bits per heavy atom. The summed E-state index contributed by atoms with van der Waals surface area (Å²) < 4.78 is 23.2. The first kappa shape index (κ1) is 33.6. The fourth-order valence-electron chi connectivity index (χ4n) is 8.63. The monoisotopic (exact) mass is 746 g/mol. The Hall–Kier alpha value is -7.69. The minimum Gasteiger partial charge on any atom is -0.455 e. The SMILES string of the molecule is Fc1ccc2c(c1)c1ccccc1n2-c1ccccc1-c1ccc(N(c2ccc(-c3cccc4c3oc3ccccc34)cc2)c2ccccc2-c2ccccc2)cc1. The van der Waals surface area contributed by atoms with Crippen LogP contribution in [-0.2, 0) is 0 Å². The van der Waals surface area contributed by atoms with Gasteiger partial charge < -0.3 is 13.9 Å². The molecule has 0 fully saturated rings. The zero-order chi connectivity index (χ0) is 38.6. The average Bonchev–Trinajstić information content (AvgIpc) is 3.83. The molecule has 274 valence electrons. The maximum atomic E-state index is 14.6. The van der Waals surface area contributed by atoms with Crippen molar-refractivity contribution in [2.24, 2.45) is 0 Å². The highest BCUT2D eigenvalue weighted by atomic mass is 19.1. The average molecular weight is 747 g/mol. The van der Waals surface area contributed by atoms with Crippen molar-refractivity contribution in [2.75, 3.05) is 4.90 Å². The van der Waals surface area contributed by atoms with Gasteiger partial charge in [-0.2, -0.15) is 0 Å². The van der Waals surface area contributed by atoms with Crippen molar-refractivity contribution in [1.29, 1.82) is 0 Å². The highest BCUT2D eigenvalue weighted by Crippen LogP contribution is 2.44. The minimum absolute atomic E-state index is 0.240. The first-order valence-electron chi connectivity index (χ1n) is 19.5. The van der Waals surface area contributed by atoms with Gasteiger partial charge in [-0.3, -0.25) is 0 Å². The van der Waals surface area contributed by atoms with E-state index in [0.717, 1.165) is 99.9 Å². The Morgan fingerprint density at radius 1 is 0.397 bits per heavy atom. The topological polar surface area (TPSA) is 21.3 Å². The van der Waals surface area contributed by atoms with Crippen molar-refractivity contribution in [3.63, 3.8) is 0 Å². The molecule has 11 rings (SSSR count). The normalized spacial score (nSPS) is 11.5. The zero-order valence-corrected chi connectivity index (χ0v) is 31.4. The Morgan fingerprint density at radius 2 is 0.966 bits per heavy atom. The van der Waals surface area contributed by atoms with Crippen LogP contribution in [0.25, 0.3) is 82.8 Å².